The number of carbonyl (C=O) groups is 1. The van der Waals surface area contributed by atoms with Gasteiger partial charge in [-0.25, -0.2) is 4.98 Å². The molecule has 1 aliphatic heterocycles. The second kappa shape index (κ2) is 10.6. The summed E-state index contributed by atoms with van der Waals surface area (Å²) in [5.41, 5.74) is 2.00. The van der Waals surface area contributed by atoms with Crippen molar-refractivity contribution in [2.75, 3.05) is 43.5 Å². The summed E-state index contributed by atoms with van der Waals surface area (Å²) in [6, 6.07) is 16.0. The van der Waals surface area contributed by atoms with Crippen LogP contribution in [0.5, 0.6) is 11.5 Å². The lowest BCUT2D eigenvalue weighted by molar-refractivity contribution is 0.102. The zero-order valence-corrected chi connectivity index (χ0v) is 19.3. The molecular weight excluding hydrogens is 440 g/mol. The number of phenols is 1. The number of hydrogen-bond acceptors (Lipinski definition) is 6. The van der Waals surface area contributed by atoms with Crippen molar-refractivity contribution in [1.82, 2.24) is 9.88 Å². The third-order valence-electron chi connectivity index (χ3n) is 5.69. The lowest BCUT2D eigenvalue weighted by atomic mass is 10.2. The molecule has 0 spiro atoms. The molecule has 2 aromatic carbocycles. The SMILES string of the molecule is COc1cccc(C(=O)Nc2ccc(N3CCCN(Cc4cc(Cl)ccc4O)CC3)nc2)c1. The van der Waals surface area contributed by atoms with Gasteiger partial charge in [-0.3, -0.25) is 9.69 Å². The number of nitrogens with one attached hydrogen (secondary N) is 1. The van der Waals surface area contributed by atoms with Gasteiger partial charge in [-0.2, -0.15) is 0 Å². The summed E-state index contributed by atoms with van der Waals surface area (Å²) in [5, 5.41) is 13.6. The molecule has 1 aromatic heterocycles. The normalized spacial score (nSPS) is 14.5. The molecule has 0 saturated carbocycles. The third kappa shape index (κ3) is 5.94. The number of methoxy groups -OCH3 is 1. The summed E-state index contributed by atoms with van der Waals surface area (Å²) in [6.45, 7) is 4.15. The van der Waals surface area contributed by atoms with Crippen molar-refractivity contribution in [3.05, 3.63) is 76.9 Å². The van der Waals surface area contributed by atoms with Crippen LogP contribution in [0.4, 0.5) is 11.5 Å². The summed E-state index contributed by atoms with van der Waals surface area (Å²) in [4.78, 5) is 21.6. The van der Waals surface area contributed by atoms with Crippen molar-refractivity contribution in [2.24, 2.45) is 0 Å². The van der Waals surface area contributed by atoms with Gasteiger partial charge in [0.25, 0.3) is 5.91 Å². The van der Waals surface area contributed by atoms with E-state index in [1.54, 1.807) is 49.7 Å². The number of aromatic nitrogens is 1. The van der Waals surface area contributed by atoms with Crippen LogP contribution in [0.15, 0.2) is 60.8 Å². The Morgan fingerprint density at radius 2 is 2.00 bits per heavy atom. The van der Waals surface area contributed by atoms with Crippen molar-refractivity contribution >= 4 is 29.0 Å². The first-order valence-electron chi connectivity index (χ1n) is 10.9. The number of carbonyl (C=O) groups excluding carboxylic acids is 1. The van der Waals surface area contributed by atoms with Gasteiger partial charge in [0.15, 0.2) is 0 Å². The van der Waals surface area contributed by atoms with Crippen molar-refractivity contribution in [3.63, 3.8) is 0 Å². The summed E-state index contributed by atoms with van der Waals surface area (Å²) in [6.07, 6.45) is 2.66. The Bertz CT molecular complexity index is 1110. The molecule has 2 heterocycles. The van der Waals surface area contributed by atoms with Gasteiger partial charge >= 0.3 is 0 Å². The molecule has 3 aromatic rings. The summed E-state index contributed by atoms with van der Waals surface area (Å²) in [7, 11) is 1.57. The molecule has 1 aliphatic rings. The highest BCUT2D eigenvalue weighted by Gasteiger charge is 2.18. The molecule has 33 heavy (non-hydrogen) atoms. The van der Waals surface area contributed by atoms with Crippen LogP contribution in [0.1, 0.15) is 22.3 Å². The third-order valence-corrected chi connectivity index (χ3v) is 5.92. The van der Waals surface area contributed by atoms with Crippen molar-refractivity contribution in [1.29, 1.82) is 0 Å². The van der Waals surface area contributed by atoms with Crippen molar-refractivity contribution in [3.8, 4) is 11.5 Å². The van der Waals surface area contributed by atoms with Crippen LogP contribution in [0.3, 0.4) is 0 Å². The summed E-state index contributed by atoms with van der Waals surface area (Å²) >= 11 is 6.08. The Morgan fingerprint density at radius 3 is 2.79 bits per heavy atom. The monoisotopic (exact) mass is 466 g/mol. The highest BCUT2D eigenvalue weighted by molar-refractivity contribution is 6.30. The molecule has 172 valence electrons. The Labute approximate surface area is 198 Å². The fraction of sp³-hybridized carbons (Fsp3) is 0.280. The highest BCUT2D eigenvalue weighted by Crippen LogP contribution is 2.24. The molecule has 8 heteroatoms. The molecule has 1 fully saturated rings. The molecule has 2 N–H and O–H groups in total. The number of hydrogen-bond donors (Lipinski definition) is 2. The number of halogens is 1. The van der Waals surface area contributed by atoms with Crippen molar-refractivity contribution in [2.45, 2.75) is 13.0 Å². The van der Waals surface area contributed by atoms with Crippen LogP contribution in [0, 0.1) is 0 Å². The maximum absolute atomic E-state index is 12.5. The molecule has 1 amide bonds. The quantitative estimate of drug-likeness (QED) is 0.560. The predicted octanol–water partition coefficient (Wildman–Crippen LogP) is 4.41. The fourth-order valence-electron chi connectivity index (χ4n) is 3.89. The number of ether oxygens (including phenoxy) is 1. The maximum Gasteiger partial charge on any atom is 0.255 e. The topological polar surface area (TPSA) is 77.9 Å². The molecule has 0 atom stereocenters. The van der Waals surface area contributed by atoms with E-state index in [-0.39, 0.29) is 11.7 Å². The van der Waals surface area contributed by atoms with Crippen LogP contribution in [-0.2, 0) is 6.54 Å². The standard InChI is InChI=1S/C25H27ClN4O3/c1-33-22-5-2-4-18(15-22)25(32)28-21-7-9-24(27-16-21)30-11-3-10-29(12-13-30)17-19-14-20(26)6-8-23(19)31/h2,4-9,14-16,31H,3,10-13,17H2,1H3,(H,28,32). The molecule has 0 bridgehead atoms. The number of pyridine rings is 1. The Hall–Kier alpha value is -3.29. The van der Waals surface area contributed by atoms with Crippen LogP contribution in [-0.4, -0.2) is 54.2 Å². The number of rotatable bonds is 6. The zero-order chi connectivity index (χ0) is 23.2. The van der Waals surface area contributed by atoms with E-state index in [9.17, 15) is 9.90 Å². The average molecular weight is 467 g/mol. The van der Waals surface area contributed by atoms with E-state index in [1.165, 1.54) is 0 Å². The number of phenolic OH excluding ortho intramolecular Hbond substituents is 1. The van der Waals surface area contributed by atoms with Crippen LogP contribution < -0.4 is 15.0 Å². The maximum atomic E-state index is 12.5. The minimum atomic E-state index is -0.210. The van der Waals surface area contributed by atoms with E-state index in [2.05, 4.69) is 20.1 Å². The summed E-state index contributed by atoms with van der Waals surface area (Å²) in [5.74, 6) is 1.57. The second-order valence-electron chi connectivity index (χ2n) is 7.98. The fourth-order valence-corrected chi connectivity index (χ4v) is 4.09. The number of amides is 1. The Morgan fingerprint density at radius 1 is 1.12 bits per heavy atom. The van der Waals surface area contributed by atoms with Crippen LogP contribution >= 0.6 is 11.6 Å². The van der Waals surface area contributed by atoms with Gasteiger partial charge in [-0.05, 0) is 55.0 Å². The first-order chi connectivity index (χ1) is 16.0. The minimum absolute atomic E-state index is 0.210. The molecule has 0 unspecified atom stereocenters. The molecule has 1 saturated heterocycles. The van der Waals surface area contributed by atoms with Gasteiger partial charge in [-0.15, -0.1) is 0 Å². The van der Waals surface area contributed by atoms with Crippen LogP contribution in [0.2, 0.25) is 5.02 Å². The van der Waals surface area contributed by atoms with Gasteiger partial charge in [-0.1, -0.05) is 17.7 Å². The van der Waals surface area contributed by atoms with E-state index >= 15 is 0 Å². The first kappa shape index (κ1) is 22.9. The van der Waals surface area contributed by atoms with Gasteiger partial charge in [0, 0.05) is 48.9 Å². The highest BCUT2D eigenvalue weighted by atomic mass is 35.5. The first-order valence-corrected chi connectivity index (χ1v) is 11.3. The van der Waals surface area contributed by atoms with E-state index < -0.39 is 0 Å². The number of aromatic hydroxyl groups is 1. The van der Waals surface area contributed by atoms with E-state index in [1.807, 2.05) is 18.2 Å². The Balaban J connectivity index is 1.35. The minimum Gasteiger partial charge on any atom is -0.508 e. The molecular formula is C25H27ClN4O3. The molecule has 0 aliphatic carbocycles. The molecule has 0 radical (unpaired) electrons. The van der Waals surface area contributed by atoms with Crippen molar-refractivity contribution < 1.29 is 14.6 Å². The lowest BCUT2D eigenvalue weighted by Gasteiger charge is -2.23. The van der Waals surface area contributed by atoms with E-state index in [0.717, 1.165) is 44.0 Å². The number of benzene rings is 2. The molecule has 4 rings (SSSR count). The lowest BCUT2D eigenvalue weighted by Crippen LogP contribution is -2.31. The smallest absolute Gasteiger partial charge is 0.255 e. The van der Waals surface area contributed by atoms with Gasteiger partial charge in [0.05, 0.1) is 19.0 Å². The summed E-state index contributed by atoms with van der Waals surface area (Å²) < 4.78 is 5.18. The molecule has 7 nitrogen and oxygen atoms in total. The zero-order valence-electron chi connectivity index (χ0n) is 18.5. The van der Waals surface area contributed by atoms with E-state index in [0.29, 0.717) is 28.6 Å². The van der Waals surface area contributed by atoms with Crippen LogP contribution in [0.25, 0.3) is 0 Å². The number of nitrogens with zero attached hydrogens (tertiary/aromatic N) is 3. The Kier molecular flexibility index (Phi) is 7.32. The number of anilines is 2. The second-order valence-corrected chi connectivity index (χ2v) is 8.42. The predicted molar refractivity (Wildman–Crippen MR) is 130 cm³/mol. The van der Waals surface area contributed by atoms with Gasteiger partial charge in [0.1, 0.15) is 17.3 Å². The largest absolute Gasteiger partial charge is 0.508 e. The van der Waals surface area contributed by atoms with Gasteiger partial charge in [0.2, 0.25) is 0 Å². The van der Waals surface area contributed by atoms with E-state index in [4.69, 9.17) is 16.3 Å². The van der Waals surface area contributed by atoms with Gasteiger partial charge < -0.3 is 20.1 Å². The average Bonchev–Trinajstić information content (AvgIpc) is 3.07.